The molecular weight excluding hydrogens is 230 g/mol. The van der Waals surface area contributed by atoms with Crippen molar-refractivity contribution in [1.82, 2.24) is 5.32 Å². The topological polar surface area (TPSA) is 12.0 Å². The molecule has 1 nitrogen and oxygen atoms in total. The Bertz CT molecular complexity index is 391. The van der Waals surface area contributed by atoms with E-state index in [0.717, 1.165) is 0 Å². The second-order valence-electron chi connectivity index (χ2n) is 7.18. The van der Waals surface area contributed by atoms with Crippen LogP contribution in [0.3, 0.4) is 0 Å². The molecule has 1 fully saturated rings. The van der Waals surface area contributed by atoms with Crippen molar-refractivity contribution in [3.63, 3.8) is 0 Å². The number of rotatable bonds is 4. The van der Waals surface area contributed by atoms with Gasteiger partial charge < -0.3 is 5.32 Å². The van der Waals surface area contributed by atoms with Crippen LogP contribution in [-0.2, 0) is 11.8 Å². The summed E-state index contributed by atoms with van der Waals surface area (Å²) in [5.41, 5.74) is 3.54. The standard InChI is InChI=1S/C18H29N/c1-5-11-18(12-6-13-19-18)14-15-7-9-16(10-8-15)17(2,3)4/h7-10,19H,5-6,11-14H2,1-4H3. The molecule has 0 bridgehead atoms. The van der Waals surface area contributed by atoms with Gasteiger partial charge in [-0.1, -0.05) is 58.4 Å². The molecule has 1 N–H and O–H groups in total. The van der Waals surface area contributed by atoms with Crippen LogP contribution in [0.25, 0.3) is 0 Å². The highest BCUT2D eigenvalue weighted by Crippen LogP contribution is 2.30. The van der Waals surface area contributed by atoms with E-state index in [0.29, 0.717) is 5.54 Å². The van der Waals surface area contributed by atoms with E-state index in [2.05, 4.69) is 57.3 Å². The third kappa shape index (κ3) is 3.60. The maximum Gasteiger partial charge on any atom is 0.0222 e. The van der Waals surface area contributed by atoms with Crippen LogP contribution in [-0.4, -0.2) is 12.1 Å². The van der Waals surface area contributed by atoms with E-state index in [-0.39, 0.29) is 5.41 Å². The highest BCUT2D eigenvalue weighted by atomic mass is 15.0. The molecule has 106 valence electrons. The molecule has 0 spiro atoms. The van der Waals surface area contributed by atoms with Crippen molar-refractivity contribution < 1.29 is 0 Å². The number of hydrogen-bond donors (Lipinski definition) is 1. The first-order chi connectivity index (χ1) is 8.95. The molecule has 1 atom stereocenters. The molecule has 0 aliphatic carbocycles. The van der Waals surface area contributed by atoms with Gasteiger partial charge in [0.15, 0.2) is 0 Å². The highest BCUT2D eigenvalue weighted by molar-refractivity contribution is 5.28. The maximum atomic E-state index is 3.76. The number of hydrogen-bond acceptors (Lipinski definition) is 1. The van der Waals surface area contributed by atoms with Crippen molar-refractivity contribution in [3.05, 3.63) is 35.4 Å². The molecule has 0 radical (unpaired) electrons. The molecule has 2 rings (SSSR count). The van der Waals surface area contributed by atoms with Crippen LogP contribution in [0.2, 0.25) is 0 Å². The molecular formula is C18H29N. The second-order valence-corrected chi connectivity index (χ2v) is 7.18. The lowest BCUT2D eigenvalue weighted by molar-refractivity contribution is 0.342. The van der Waals surface area contributed by atoms with Gasteiger partial charge in [0.05, 0.1) is 0 Å². The predicted molar refractivity (Wildman–Crippen MR) is 83.7 cm³/mol. The predicted octanol–water partition coefficient (Wildman–Crippen LogP) is 4.45. The van der Waals surface area contributed by atoms with Gasteiger partial charge in [0, 0.05) is 5.54 Å². The Balaban J connectivity index is 2.10. The second kappa shape index (κ2) is 5.66. The Morgan fingerprint density at radius 3 is 2.32 bits per heavy atom. The van der Waals surface area contributed by atoms with Gasteiger partial charge in [0.25, 0.3) is 0 Å². The lowest BCUT2D eigenvalue weighted by Crippen LogP contribution is -2.41. The Morgan fingerprint density at radius 1 is 1.16 bits per heavy atom. The quantitative estimate of drug-likeness (QED) is 0.842. The summed E-state index contributed by atoms with van der Waals surface area (Å²) in [7, 11) is 0. The van der Waals surface area contributed by atoms with Crippen LogP contribution in [0.1, 0.15) is 64.5 Å². The minimum Gasteiger partial charge on any atom is -0.311 e. The summed E-state index contributed by atoms with van der Waals surface area (Å²) in [6.45, 7) is 10.3. The number of benzene rings is 1. The minimum absolute atomic E-state index is 0.255. The van der Waals surface area contributed by atoms with Gasteiger partial charge >= 0.3 is 0 Å². The fourth-order valence-electron chi connectivity index (χ4n) is 3.31. The first kappa shape index (κ1) is 14.6. The van der Waals surface area contributed by atoms with E-state index in [1.165, 1.54) is 49.8 Å². The lowest BCUT2D eigenvalue weighted by atomic mass is 9.83. The van der Waals surface area contributed by atoms with Gasteiger partial charge in [0.2, 0.25) is 0 Å². The van der Waals surface area contributed by atoms with Crippen molar-refractivity contribution in [2.75, 3.05) is 6.54 Å². The van der Waals surface area contributed by atoms with Crippen molar-refractivity contribution in [1.29, 1.82) is 0 Å². The molecule has 1 saturated heterocycles. The fourth-order valence-corrected chi connectivity index (χ4v) is 3.31. The third-order valence-corrected chi connectivity index (χ3v) is 4.42. The van der Waals surface area contributed by atoms with Crippen molar-refractivity contribution >= 4 is 0 Å². The summed E-state index contributed by atoms with van der Waals surface area (Å²) in [6, 6.07) is 9.28. The zero-order chi connectivity index (χ0) is 13.9. The zero-order valence-electron chi connectivity index (χ0n) is 13.1. The van der Waals surface area contributed by atoms with E-state index in [4.69, 9.17) is 0 Å². The van der Waals surface area contributed by atoms with Crippen LogP contribution >= 0.6 is 0 Å². The van der Waals surface area contributed by atoms with Gasteiger partial charge in [-0.25, -0.2) is 0 Å². The summed E-state index contributed by atoms with van der Waals surface area (Å²) in [6.07, 6.45) is 6.42. The minimum atomic E-state index is 0.255. The third-order valence-electron chi connectivity index (χ3n) is 4.42. The lowest BCUT2D eigenvalue weighted by Gasteiger charge is -2.30. The Morgan fingerprint density at radius 2 is 1.84 bits per heavy atom. The largest absolute Gasteiger partial charge is 0.311 e. The summed E-state index contributed by atoms with van der Waals surface area (Å²) in [5, 5.41) is 3.76. The first-order valence-electron chi connectivity index (χ1n) is 7.80. The smallest absolute Gasteiger partial charge is 0.0222 e. The van der Waals surface area contributed by atoms with Gasteiger partial charge in [-0.05, 0) is 48.8 Å². The average molecular weight is 259 g/mol. The summed E-state index contributed by atoms with van der Waals surface area (Å²) in [4.78, 5) is 0. The molecule has 1 unspecified atom stereocenters. The summed E-state index contributed by atoms with van der Waals surface area (Å²) >= 11 is 0. The van der Waals surface area contributed by atoms with Crippen LogP contribution in [0, 0.1) is 0 Å². The molecule has 0 aromatic heterocycles. The molecule has 1 aliphatic heterocycles. The molecule has 0 amide bonds. The number of nitrogens with one attached hydrogen (secondary N) is 1. The van der Waals surface area contributed by atoms with E-state index in [1.807, 2.05) is 0 Å². The van der Waals surface area contributed by atoms with Gasteiger partial charge in [-0.3, -0.25) is 0 Å². The van der Waals surface area contributed by atoms with Crippen LogP contribution in [0.15, 0.2) is 24.3 Å². The molecule has 1 heterocycles. The van der Waals surface area contributed by atoms with E-state index < -0.39 is 0 Å². The molecule has 1 aliphatic rings. The van der Waals surface area contributed by atoms with E-state index >= 15 is 0 Å². The SMILES string of the molecule is CCCC1(Cc2ccc(C(C)(C)C)cc2)CCCN1. The van der Waals surface area contributed by atoms with E-state index in [9.17, 15) is 0 Å². The maximum absolute atomic E-state index is 3.76. The van der Waals surface area contributed by atoms with E-state index in [1.54, 1.807) is 0 Å². The van der Waals surface area contributed by atoms with Gasteiger partial charge in [0.1, 0.15) is 0 Å². The Kier molecular flexibility index (Phi) is 4.35. The zero-order valence-corrected chi connectivity index (χ0v) is 13.1. The molecule has 1 aromatic carbocycles. The molecule has 0 saturated carbocycles. The molecule has 1 heteroatoms. The Labute approximate surface area is 118 Å². The van der Waals surface area contributed by atoms with Gasteiger partial charge in [-0.2, -0.15) is 0 Å². The van der Waals surface area contributed by atoms with Crippen molar-refractivity contribution in [2.24, 2.45) is 0 Å². The van der Waals surface area contributed by atoms with Crippen LogP contribution < -0.4 is 5.32 Å². The molecule has 1 aromatic rings. The van der Waals surface area contributed by atoms with Gasteiger partial charge in [-0.15, -0.1) is 0 Å². The summed E-state index contributed by atoms with van der Waals surface area (Å²) in [5.74, 6) is 0. The van der Waals surface area contributed by atoms with Crippen molar-refractivity contribution in [2.45, 2.75) is 70.8 Å². The average Bonchev–Trinajstić information content (AvgIpc) is 2.77. The summed E-state index contributed by atoms with van der Waals surface area (Å²) < 4.78 is 0. The van der Waals surface area contributed by atoms with Crippen LogP contribution in [0.5, 0.6) is 0 Å². The molecule has 19 heavy (non-hydrogen) atoms. The fraction of sp³-hybridized carbons (Fsp3) is 0.667. The first-order valence-corrected chi connectivity index (χ1v) is 7.80. The monoisotopic (exact) mass is 259 g/mol. The van der Waals surface area contributed by atoms with Crippen LogP contribution in [0.4, 0.5) is 0 Å². The van der Waals surface area contributed by atoms with Crippen molar-refractivity contribution in [3.8, 4) is 0 Å². The normalized spacial score (nSPS) is 23.8. The highest BCUT2D eigenvalue weighted by Gasteiger charge is 2.32. The Hall–Kier alpha value is -0.820.